The average molecular weight is 832 g/mol. The van der Waals surface area contributed by atoms with Crippen LogP contribution in [0.4, 0.5) is 0 Å². The fraction of sp³-hybridized carbons (Fsp3) is 0.333. The van der Waals surface area contributed by atoms with Crippen molar-refractivity contribution in [1.29, 1.82) is 0 Å². The summed E-state index contributed by atoms with van der Waals surface area (Å²) in [5.74, 6) is 1.12. The first-order chi connectivity index (χ1) is 26.8. The Morgan fingerprint density at radius 3 is 1.21 bits per heavy atom. The van der Waals surface area contributed by atoms with Crippen molar-refractivity contribution in [2.45, 2.75) is 51.6 Å². The van der Waals surface area contributed by atoms with Crippen LogP contribution < -0.4 is 60.1 Å². The second-order valence-electron chi connectivity index (χ2n) is 13.1. The van der Waals surface area contributed by atoms with Crippen LogP contribution in [0.3, 0.4) is 0 Å². The standard InChI is InChI=1S/2C21H23NO6.Cu/c2*1-11(23)22-15-7-5-12-9-18(26-2)20(27-3)21(28-4)19(12)13-6-8-16(24)17(25)10-14(13)15;/h2*6,8-10,15H,5,7H2,1-4H3,(H,22,23)(H,24,25);/q;;+2/p-2/t2*15-;/m00./s1. The van der Waals surface area contributed by atoms with Crippen molar-refractivity contribution >= 4 is 11.8 Å². The molecule has 0 aliphatic heterocycles. The van der Waals surface area contributed by atoms with Crippen LogP contribution in [0.1, 0.15) is 61.0 Å². The second-order valence-corrected chi connectivity index (χ2v) is 13.1. The van der Waals surface area contributed by atoms with E-state index < -0.39 is 34.4 Å². The minimum absolute atomic E-state index is 0. The van der Waals surface area contributed by atoms with E-state index >= 15 is 0 Å². The van der Waals surface area contributed by atoms with Crippen molar-refractivity contribution in [3.8, 4) is 68.2 Å². The van der Waals surface area contributed by atoms with Gasteiger partial charge in [0.05, 0.1) is 54.7 Å². The molecule has 0 unspecified atom stereocenters. The number of carbonyl (C=O) groups excluding carboxylic acids is 2. The Labute approximate surface area is 340 Å². The van der Waals surface area contributed by atoms with E-state index in [4.69, 9.17) is 28.4 Å². The van der Waals surface area contributed by atoms with Gasteiger partial charge in [0.1, 0.15) is 0 Å². The molecule has 2 amide bonds. The number of ether oxygens (including phenoxy) is 6. The Bertz CT molecular complexity index is 2140. The topological polar surface area (TPSA) is 194 Å². The first kappa shape index (κ1) is 43.8. The molecule has 305 valence electrons. The van der Waals surface area contributed by atoms with Gasteiger partial charge < -0.3 is 49.3 Å². The number of methoxy groups -OCH3 is 6. The van der Waals surface area contributed by atoms with Crippen molar-refractivity contribution in [2.75, 3.05) is 42.7 Å². The summed E-state index contributed by atoms with van der Waals surface area (Å²) >= 11 is 0. The normalized spacial score (nSPS) is 14.7. The molecule has 0 spiro atoms. The quantitative estimate of drug-likeness (QED) is 0.244. The third-order valence-corrected chi connectivity index (χ3v) is 9.76. The maximum atomic E-state index is 12.2. The van der Waals surface area contributed by atoms with Gasteiger partial charge in [-0.1, -0.05) is 35.8 Å². The molecule has 0 bridgehead atoms. The fourth-order valence-electron chi connectivity index (χ4n) is 7.39. The maximum Gasteiger partial charge on any atom is 2.00 e. The predicted molar refractivity (Wildman–Crippen MR) is 204 cm³/mol. The van der Waals surface area contributed by atoms with Gasteiger partial charge in [0.15, 0.2) is 33.9 Å². The minimum atomic E-state index is -0.625. The summed E-state index contributed by atoms with van der Waals surface area (Å²) in [4.78, 5) is 47.9. The van der Waals surface area contributed by atoms with Gasteiger partial charge in [-0.2, -0.15) is 0 Å². The largest absolute Gasteiger partial charge is 2.00 e. The number of hydrogen-bond donors (Lipinski definition) is 2. The summed E-state index contributed by atoms with van der Waals surface area (Å²) < 4.78 is 33.2. The summed E-state index contributed by atoms with van der Waals surface area (Å²) in [5.41, 5.74) is 4.45. The van der Waals surface area contributed by atoms with E-state index in [1.807, 2.05) is 12.1 Å². The molecule has 2 aliphatic carbocycles. The van der Waals surface area contributed by atoms with Crippen LogP contribution in [0.2, 0.25) is 0 Å². The van der Waals surface area contributed by atoms with E-state index in [2.05, 4.69) is 10.6 Å². The van der Waals surface area contributed by atoms with Crippen LogP contribution in [0.5, 0.6) is 46.0 Å². The van der Waals surface area contributed by atoms with Crippen LogP contribution in [0.25, 0.3) is 22.3 Å². The van der Waals surface area contributed by atoms with Gasteiger partial charge in [-0.3, -0.25) is 19.2 Å². The number of carbonyl (C=O) groups is 2. The van der Waals surface area contributed by atoms with E-state index in [-0.39, 0.29) is 28.9 Å². The zero-order valence-electron chi connectivity index (χ0n) is 32.8. The number of benzene rings is 2. The molecular weight excluding hydrogens is 788 g/mol. The third kappa shape index (κ3) is 8.90. The molecule has 14 nitrogen and oxygen atoms in total. The maximum absolute atomic E-state index is 12.2. The molecule has 1 radical (unpaired) electrons. The molecule has 2 aliphatic rings. The summed E-state index contributed by atoms with van der Waals surface area (Å²) in [7, 11) is 9.16. The summed E-state index contributed by atoms with van der Waals surface area (Å²) in [6.07, 6.45) is 2.31. The number of fused-ring (bicyclic) bond motifs is 6. The first-order valence-electron chi connectivity index (χ1n) is 17.7. The Balaban J connectivity index is 0.000000248. The van der Waals surface area contributed by atoms with Gasteiger partial charge in [-0.25, -0.2) is 0 Å². The molecule has 15 heteroatoms. The monoisotopic (exact) mass is 831 g/mol. The number of rotatable bonds is 8. The van der Waals surface area contributed by atoms with Crippen molar-refractivity contribution in [1.82, 2.24) is 10.6 Å². The zero-order valence-corrected chi connectivity index (χ0v) is 33.7. The molecule has 0 aromatic heterocycles. The number of nitrogens with one attached hydrogen (secondary N) is 2. The summed E-state index contributed by atoms with van der Waals surface area (Å²) in [6, 6.07) is 11.2. The molecule has 0 heterocycles. The Kier molecular flexibility index (Phi) is 14.5. The molecule has 0 saturated carbocycles. The van der Waals surface area contributed by atoms with E-state index in [1.165, 1.54) is 66.6 Å². The molecule has 4 aromatic rings. The van der Waals surface area contributed by atoms with Crippen LogP contribution in [-0.4, -0.2) is 54.5 Å². The molecule has 57 heavy (non-hydrogen) atoms. The van der Waals surface area contributed by atoms with Gasteiger partial charge in [-0.05, 0) is 83.3 Å². The van der Waals surface area contributed by atoms with E-state index in [1.54, 1.807) is 26.4 Å². The fourth-order valence-corrected chi connectivity index (χ4v) is 7.39. The van der Waals surface area contributed by atoms with Crippen LogP contribution in [0, 0.1) is 0 Å². The van der Waals surface area contributed by atoms with Crippen LogP contribution in [0.15, 0.2) is 58.1 Å². The Morgan fingerprint density at radius 1 is 0.561 bits per heavy atom. The smallest absolute Gasteiger partial charge is 0.870 e. The predicted octanol–water partition coefficient (Wildman–Crippen LogP) is 3.87. The van der Waals surface area contributed by atoms with Crippen molar-refractivity contribution in [3.63, 3.8) is 0 Å². The van der Waals surface area contributed by atoms with Gasteiger partial charge >= 0.3 is 17.1 Å². The number of hydrogen-bond acceptors (Lipinski definition) is 12. The van der Waals surface area contributed by atoms with Gasteiger partial charge in [0.2, 0.25) is 23.3 Å². The zero-order chi connectivity index (χ0) is 40.8. The molecule has 0 saturated heterocycles. The van der Waals surface area contributed by atoms with Crippen LogP contribution in [-0.2, 0) is 39.5 Å². The SMILES string of the molecule is COc1cc2c(c(OC)c1OC)-c1ccc([O-])c(=O)cc1[C@@H](NC(C)=O)CC2.COc1cc2c(c(OC)c1OC)-c1ccc([O-])c(=O)cc1[C@@H](NC(C)=O)CC2.[Cu+2]. The summed E-state index contributed by atoms with van der Waals surface area (Å²) in [5, 5.41) is 29.8. The molecule has 0 fully saturated rings. The van der Waals surface area contributed by atoms with Gasteiger partial charge in [0, 0.05) is 25.0 Å². The molecule has 4 aromatic carbocycles. The molecule has 2 N–H and O–H groups in total. The van der Waals surface area contributed by atoms with Gasteiger partial charge in [-0.15, -0.1) is 0 Å². The Morgan fingerprint density at radius 2 is 0.912 bits per heavy atom. The Hall–Kier alpha value is -5.92. The minimum Gasteiger partial charge on any atom is -0.870 e. The van der Waals surface area contributed by atoms with Crippen molar-refractivity contribution in [3.05, 3.63) is 91.2 Å². The third-order valence-electron chi connectivity index (χ3n) is 9.76. The van der Waals surface area contributed by atoms with Crippen LogP contribution >= 0.6 is 0 Å². The van der Waals surface area contributed by atoms with E-state index in [0.717, 1.165) is 22.3 Å². The van der Waals surface area contributed by atoms with Gasteiger partial charge in [0.25, 0.3) is 0 Å². The van der Waals surface area contributed by atoms with E-state index in [0.29, 0.717) is 82.4 Å². The average Bonchev–Trinajstić information content (AvgIpc) is 3.55. The first-order valence-corrected chi connectivity index (χ1v) is 17.7. The van der Waals surface area contributed by atoms with Crippen molar-refractivity contribution < 1.29 is 65.3 Å². The molecule has 2 atom stereocenters. The molecular formula is C42H44CuN2O12. The summed E-state index contributed by atoms with van der Waals surface area (Å²) in [6.45, 7) is 2.84. The van der Waals surface area contributed by atoms with E-state index in [9.17, 15) is 29.4 Å². The second kappa shape index (κ2) is 18.8. The van der Waals surface area contributed by atoms with Crippen molar-refractivity contribution in [2.24, 2.45) is 0 Å². The number of amides is 2. The number of aryl methyl sites for hydroxylation is 2. The molecule has 6 rings (SSSR count).